The van der Waals surface area contributed by atoms with E-state index in [1.165, 1.54) is 12.1 Å². The average molecular weight is 334 g/mol. The number of pyridine rings is 1. The number of aryl methyl sites for hydroxylation is 1. The lowest BCUT2D eigenvalue weighted by atomic mass is 10.2. The lowest BCUT2D eigenvalue weighted by molar-refractivity contribution is 0.0710. The summed E-state index contributed by atoms with van der Waals surface area (Å²) in [5, 5.41) is 0.594. The summed E-state index contributed by atoms with van der Waals surface area (Å²) in [6, 6.07) is 6.17. The van der Waals surface area contributed by atoms with Crippen LogP contribution in [0.15, 0.2) is 39.7 Å². The second-order valence-corrected chi connectivity index (χ2v) is 5.76. The molecule has 6 nitrogen and oxygen atoms in total. The quantitative estimate of drug-likeness (QED) is 0.840. The third kappa shape index (κ3) is 3.37. The maximum atomic E-state index is 12.4. The van der Waals surface area contributed by atoms with E-state index in [9.17, 15) is 9.59 Å². The van der Waals surface area contributed by atoms with E-state index in [1.54, 1.807) is 30.2 Å². The molecule has 1 saturated heterocycles. The molecule has 0 saturated carbocycles. The van der Waals surface area contributed by atoms with E-state index < -0.39 is 0 Å². The predicted molar refractivity (Wildman–Crippen MR) is 87.1 cm³/mol. The lowest BCUT2D eigenvalue weighted by Gasteiger charge is -2.35. The summed E-state index contributed by atoms with van der Waals surface area (Å²) >= 11 is 6.15. The van der Waals surface area contributed by atoms with Crippen molar-refractivity contribution < 1.29 is 9.21 Å². The molecule has 0 bridgehead atoms. The number of hydrogen-bond donors (Lipinski definition) is 0. The normalized spacial score (nSPS) is 14.9. The maximum Gasteiger partial charge on any atom is 0.289 e. The van der Waals surface area contributed by atoms with Crippen LogP contribution in [0.25, 0.3) is 0 Å². The van der Waals surface area contributed by atoms with Gasteiger partial charge in [0.1, 0.15) is 11.6 Å². The Labute approximate surface area is 138 Å². The number of rotatable bonds is 2. The van der Waals surface area contributed by atoms with Crippen molar-refractivity contribution in [1.82, 2.24) is 9.88 Å². The smallest absolute Gasteiger partial charge is 0.289 e. The molecule has 7 heteroatoms. The van der Waals surface area contributed by atoms with Crippen LogP contribution in [0, 0.1) is 6.92 Å². The van der Waals surface area contributed by atoms with E-state index in [1.807, 2.05) is 4.90 Å². The predicted octanol–water partition coefficient (Wildman–Crippen LogP) is 1.96. The van der Waals surface area contributed by atoms with E-state index in [0.29, 0.717) is 37.0 Å². The molecule has 2 aromatic rings. The van der Waals surface area contributed by atoms with Crippen molar-refractivity contribution in [3.63, 3.8) is 0 Å². The van der Waals surface area contributed by atoms with Crippen LogP contribution in [-0.4, -0.2) is 42.0 Å². The van der Waals surface area contributed by atoms with Crippen LogP contribution in [0.2, 0.25) is 5.02 Å². The number of amides is 1. The first-order valence-electron chi connectivity index (χ1n) is 7.31. The lowest BCUT2D eigenvalue weighted by Crippen LogP contribution is -2.49. The number of piperazine rings is 1. The summed E-state index contributed by atoms with van der Waals surface area (Å²) in [6.07, 6.45) is 1.69. The minimum absolute atomic E-state index is 0.0827. The monoisotopic (exact) mass is 333 g/mol. The third-order valence-corrected chi connectivity index (χ3v) is 4.00. The van der Waals surface area contributed by atoms with Gasteiger partial charge in [-0.15, -0.1) is 0 Å². The van der Waals surface area contributed by atoms with Crippen molar-refractivity contribution in [2.75, 3.05) is 31.1 Å². The number of anilines is 1. The summed E-state index contributed by atoms with van der Waals surface area (Å²) in [5.74, 6) is 0.972. The highest BCUT2D eigenvalue weighted by molar-refractivity contribution is 6.32. The average Bonchev–Trinajstić information content (AvgIpc) is 2.54. The molecule has 0 aliphatic carbocycles. The van der Waals surface area contributed by atoms with Crippen LogP contribution >= 0.6 is 11.6 Å². The van der Waals surface area contributed by atoms with Gasteiger partial charge in [-0.2, -0.15) is 0 Å². The van der Waals surface area contributed by atoms with Gasteiger partial charge >= 0.3 is 0 Å². The number of nitrogens with zero attached hydrogens (tertiary/aromatic N) is 3. The molecule has 1 aliphatic heterocycles. The van der Waals surface area contributed by atoms with Gasteiger partial charge in [-0.05, 0) is 19.1 Å². The Hall–Kier alpha value is -2.34. The number of carbonyl (C=O) groups excluding carboxylic acids is 1. The first-order valence-corrected chi connectivity index (χ1v) is 7.69. The summed E-state index contributed by atoms with van der Waals surface area (Å²) in [7, 11) is 0. The molecule has 0 aromatic carbocycles. The standard InChI is InChI=1S/C16H16ClN3O3/c1-11-9-12(21)10-14(23-11)16(22)20-7-5-19(6-8-20)15-13(17)3-2-4-18-15/h2-4,9-10H,5-8H2,1H3. The second-order valence-electron chi connectivity index (χ2n) is 5.36. The molecule has 1 amide bonds. The number of carbonyl (C=O) groups is 1. The fourth-order valence-electron chi connectivity index (χ4n) is 2.60. The molecule has 0 unspecified atom stereocenters. The van der Waals surface area contributed by atoms with Crippen molar-refractivity contribution in [3.8, 4) is 0 Å². The van der Waals surface area contributed by atoms with Crippen molar-refractivity contribution in [3.05, 3.63) is 57.2 Å². The van der Waals surface area contributed by atoms with E-state index in [2.05, 4.69) is 4.98 Å². The van der Waals surface area contributed by atoms with Crippen LogP contribution in [0.1, 0.15) is 16.3 Å². The minimum Gasteiger partial charge on any atom is -0.456 e. The second kappa shape index (κ2) is 6.42. The third-order valence-electron chi connectivity index (χ3n) is 3.71. The first kappa shape index (κ1) is 15.6. The SMILES string of the molecule is Cc1cc(=O)cc(C(=O)N2CCN(c3ncccc3Cl)CC2)o1. The number of hydrogen-bond acceptors (Lipinski definition) is 5. The van der Waals surface area contributed by atoms with Crippen molar-refractivity contribution in [1.29, 1.82) is 0 Å². The topological polar surface area (TPSA) is 66.7 Å². The van der Waals surface area contributed by atoms with Gasteiger partial charge in [-0.25, -0.2) is 4.98 Å². The fraction of sp³-hybridized carbons (Fsp3) is 0.312. The van der Waals surface area contributed by atoms with E-state index in [0.717, 1.165) is 5.82 Å². The summed E-state index contributed by atoms with van der Waals surface area (Å²) in [4.78, 5) is 32.0. The molecule has 1 fully saturated rings. The molecule has 2 aromatic heterocycles. The van der Waals surface area contributed by atoms with Crippen LogP contribution < -0.4 is 10.3 Å². The van der Waals surface area contributed by atoms with Gasteiger partial charge in [0.25, 0.3) is 5.91 Å². The Morgan fingerprint density at radius 2 is 2.00 bits per heavy atom. The Balaban J connectivity index is 1.70. The molecule has 120 valence electrons. The number of halogens is 1. The van der Waals surface area contributed by atoms with Gasteiger partial charge in [-0.3, -0.25) is 9.59 Å². The molecule has 3 rings (SSSR count). The van der Waals surface area contributed by atoms with Crippen molar-refractivity contribution in [2.45, 2.75) is 6.92 Å². The van der Waals surface area contributed by atoms with Gasteiger partial charge < -0.3 is 14.2 Å². The molecular weight excluding hydrogens is 318 g/mol. The zero-order chi connectivity index (χ0) is 16.4. The fourth-order valence-corrected chi connectivity index (χ4v) is 2.84. The van der Waals surface area contributed by atoms with Gasteiger partial charge in [-0.1, -0.05) is 11.6 Å². The first-order chi connectivity index (χ1) is 11.0. The highest BCUT2D eigenvalue weighted by Crippen LogP contribution is 2.23. The molecule has 0 spiro atoms. The van der Waals surface area contributed by atoms with E-state index in [4.69, 9.17) is 16.0 Å². The van der Waals surface area contributed by atoms with Gasteiger partial charge in [0.05, 0.1) is 5.02 Å². The van der Waals surface area contributed by atoms with Gasteiger partial charge in [0, 0.05) is 44.5 Å². The van der Waals surface area contributed by atoms with E-state index in [-0.39, 0.29) is 17.1 Å². The Morgan fingerprint density at radius 3 is 2.65 bits per heavy atom. The molecule has 0 atom stereocenters. The van der Waals surface area contributed by atoms with Gasteiger partial charge in [0.2, 0.25) is 0 Å². The Bertz CT molecular complexity index is 782. The van der Waals surface area contributed by atoms with Crippen LogP contribution in [-0.2, 0) is 0 Å². The van der Waals surface area contributed by atoms with Crippen molar-refractivity contribution in [2.24, 2.45) is 0 Å². The van der Waals surface area contributed by atoms with Crippen molar-refractivity contribution >= 4 is 23.3 Å². The highest BCUT2D eigenvalue weighted by atomic mass is 35.5. The molecule has 1 aliphatic rings. The summed E-state index contributed by atoms with van der Waals surface area (Å²) < 4.78 is 5.37. The molecule has 23 heavy (non-hydrogen) atoms. The maximum absolute atomic E-state index is 12.4. The zero-order valence-electron chi connectivity index (χ0n) is 12.7. The molecule has 0 N–H and O–H groups in total. The molecular formula is C16H16ClN3O3. The zero-order valence-corrected chi connectivity index (χ0v) is 13.4. The highest BCUT2D eigenvalue weighted by Gasteiger charge is 2.25. The summed E-state index contributed by atoms with van der Waals surface area (Å²) in [5.41, 5.74) is -0.226. The molecule has 3 heterocycles. The van der Waals surface area contributed by atoms with Crippen LogP contribution in [0.5, 0.6) is 0 Å². The number of aromatic nitrogens is 1. The summed E-state index contributed by atoms with van der Waals surface area (Å²) in [6.45, 7) is 3.93. The van der Waals surface area contributed by atoms with Crippen LogP contribution in [0.4, 0.5) is 5.82 Å². The minimum atomic E-state index is -0.266. The van der Waals surface area contributed by atoms with E-state index >= 15 is 0 Å². The van der Waals surface area contributed by atoms with Crippen LogP contribution in [0.3, 0.4) is 0 Å². The molecule has 0 radical (unpaired) electrons. The van der Waals surface area contributed by atoms with Gasteiger partial charge in [0.15, 0.2) is 11.2 Å². The largest absolute Gasteiger partial charge is 0.456 e. The Kier molecular flexibility index (Phi) is 4.34. The Morgan fingerprint density at radius 1 is 1.26 bits per heavy atom.